The van der Waals surface area contributed by atoms with Crippen molar-refractivity contribution < 1.29 is 8.78 Å². The maximum Gasteiger partial charge on any atom is 0.216 e. The molecule has 0 aliphatic carbocycles. The summed E-state index contributed by atoms with van der Waals surface area (Å²) in [4.78, 5) is 12.7. The number of piperazine rings is 1. The van der Waals surface area contributed by atoms with E-state index in [0.717, 1.165) is 31.7 Å². The van der Waals surface area contributed by atoms with Crippen LogP contribution in [0, 0.1) is 11.8 Å². The van der Waals surface area contributed by atoms with E-state index in [1.807, 2.05) is 6.07 Å². The molecule has 0 bridgehead atoms. The van der Waals surface area contributed by atoms with Gasteiger partial charge in [0.25, 0.3) is 0 Å². The highest BCUT2D eigenvalue weighted by atomic mass is 19.1. The average molecular weight is 355 g/mol. The lowest BCUT2D eigenvalue weighted by atomic mass is 10.2. The van der Waals surface area contributed by atoms with Crippen LogP contribution in [0.3, 0.4) is 0 Å². The zero-order valence-electron chi connectivity index (χ0n) is 14.4. The number of rotatable bonds is 3. The first-order valence-corrected chi connectivity index (χ1v) is 8.51. The molecular formula is C19H19F2N5. The molecule has 0 N–H and O–H groups in total. The van der Waals surface area contributed by atoms with E-state index in [0.29, 0.717) is 17.3 Å². The smallest absolute Gasteiger partial charge is 0.216 e. The Hall–Kier alpha value is -2.80. The van der Waals surface area contributed by atoms with E-state index < -0.39 is 5.95 Å². The second-order valence-electron chi connectivity index (χ2n) is 6.42. The summed E-state index contributed by atoms with van der Waals surface area (Å²) in [5.74, 6) is 0.404. The van der Waals surface area contributed by atoms with Crippen molar-refractivity contribution in [3.05, 3.63) is 60.6 Å². The van der Waals surface area contributed by atoms with Gasteiger partial charge in [-0.25, -0.2) is 14.4 Å². The average Bonchev–Trinajstić information content (AvgIpc) is 3.12. The highest BCUT2D eigenvalue weighted by molar-refractivity contribution is 5.60. The Kier molecular flexibility index (Phi) is 4.38. The molecule has 0 radical (unpaired) electrons. The van der Waals surface area contributed by atoms with Crippen molar-refractivity contribution in [2.24, 2.45) is 0 Å². The molecule has 0 amide bonds. The number of hydrogen-bond acceptors (Lipinski definition) is 4. The summed E-state index contributed by atoms with van der Waals surface area (Å²) in [7, 11) is 2.07. The van der Waals surface area contributed by atoms with E-state index >= 15 is 0 Å². The molecule has 134 valence electrons. The van der Waals surface area contributed by atoms with Gasteiger partial charge in [0.2, 0.25) is 5.95 Å². The van der Waals surface area contributed by atoms with E-state index in [9.17, 15) is 8.78 Å². The summed E-state index contributed by atoms with van der Waals surface area (Å²) in [6, 6.07) is 9.34. The van der Waals surface area contributed by atoms with Gasteiger partial charge in [-0.2, -0.15) is 4.39 Å². The van der Waals surface area contributed by atoms with Gasteiger partial charge in [0.15, 0.2) is 0 Å². The van der Waals surface area contributed by atoms with E-state index in [2.05, 4.69) is 26.8 Å². The summed E-state index contributed by atoms with van der Waals surface area (Å²) in [6.07, 6.45) is 3.41. The van der Waals surface area contributed by atoms with Crippen LogP contribution in [0.25, 0.3) is 17.1 Å². The van der Waals surface area contributed by atoms with Crippen LogP contribution < -0.4 is 4.90 Å². The molecule has 1 aromatic carbocycles. The number of pyridine rings is 1. The largest absolute Gasteiger partial charge is 0.354 e. The molecule has 1 saturated heterocycles. The maximum atomic E-state index is 14.2. The number of nitrogens with zero attached hydrogens (tertiary/aromatic N) is 5. The summed E-state index contributed by atoms with van der Waals surface area (Å²) in [5, 5.41) is 0. The Labute approximate surface area is 150 Å². The number of aromatic nitrogens is 3. The van der Waals surface area contributed by atoms with Crippen molar-refractivity contribution in [2.75, 3.05) is 38.1 Å². The Morgan fingerprint density at radius 2 is 1.69 bits per heavy atom. The van der Waals surface area contributed by atoms with E-state index in [4.69, 9.17) is 0 Å². The summed E-state index contributed by atoms with van der Waals surface area (Å²) >= 11 is 0. The normalized spacial score (nSPS) is 15.4. The van der Waals surface area contributed by atoms with Crippen molar-refractivity contribution in [3.63, 3.8) is 0 Å². The first kappa shape index (κ1) is 16.7. The Bertz CT molecular complexity index is 899. The van der Waals surface area contributed by atoms with Crippen LogP contribution in [0.15, 0.2) is 48.8 Å². The summed E-state index contributed by atoms with van der Waals surface area (Å²) in [6.45, 7) is 3.45. The number of halogens is 2. The molecular weight excluding hydrogens is 336 g/mol. The lowest BCUT2D eigenvalue weighted by Crippen LogP contribution is -2.44. The van der Waals surface area contributed by atoms with Crippen LogP contribution >= 0.6 is 0 Å². The second-order valence-corrected chi connectivity index (χ2v) is 6.42. The first-order valence-electron chi connectivity index (χ1n) is 8.51. The van der Waals surface area contributed by atoms with Gasteiger partial charge in [-0.1, -0.05) is 0 Å². The molecule has 3 aromatic rings. The fraction of sp³-hybridized carbons (Fsp3) is 0.263. The zero-order valence-corrected chi connectivity index (χ0v) is 14.4. The van der Waals surface area contributed by atoms with Gasteiger partial charge < -0.3 is 9.80 Å². The summed E-state index contributed by atoms with van der Waals surface area (Å²) in [5.41, 5.74) is 1.40. The zero-order chi connectivity index (χ0) is 18.1. The predicted octanol–water partition coefficient (Wildman–Crippen LogP) is 2.96. The topological polar surface area (TPSA) is 37.2 Å². The summed E-state index contributed by atoms with van der Waals surface area (Å²) < 4.78 is 29.2. The molecule has 0 atom stereocenters. The minimum Gasteiger partial charge on any atom is -0.354 e. The molecule has 0 spiro atoms. The molecule has 1 aliphatic heterocycles. The monoisotopic (exact) mass is 355 g/mol. The van der Waals surface area contributed by atoms with Gasteiger partial charge >= 0.3 is 0 Å². The molecule has 1 aliphatic rings. The number of hydrogen-bond donors (Lipinski definition) is 0. The number of anilines is 1. The fourth-order valence-corrected chi connectivity index (χ4v) is 3.13. The number of imidazole rings is 1. The van der Waals surface area contributed by atoms with Gasteiger partial charge in [0.05, 0.1) is 5.69 Å². The van der Waals surface area contributed by atoms with Crippen LogP contribution in [-0.4, -0.2) is 52.7 Å². The molecule has 1 fully saturated rings. The third kappa shape index (κ3) is 3.30. The molecule has 0 saturated carbocycles. The molecule has 2 aromatic heterocycles. The number of likely N-dealkylation sites (N-methyl/N-ethyl adjacent to an activating group) is 1. The maximum absolute atomic E-state index is 14.2. The lowest BCUT2D eigenvalue weighted by molar-refractivity contribution is 0.311. The quantitative estimate of drug-likeness (QED) is 0.677. The van der Waals surface area contributed by atoms with Crippen LogP contribution in [0.2, 0.25) is 0 Å². The van der Waals surface area contributed by atoms with Crippen molar-refractivity contribution in [3.8, 4) is 17.1 Å². The Morgan fingerprint density at radius 3 is 2.42 bits per heavy atom. The minimum absolute atomic E-state index is 0.306. The van der Waals surface area contributed by atoms with Gasteiger partial charge in [-0.05, 0) is 31.3 Å². The lowest BCUT2D eigenvalue weighted by Gasteiger charge is -2.33. The minimum atomic E-state index is -0.532. The van der Waals surface area contributed by atoms with Crippen molar-refractivity contribution >= 4 is 5.82 Å². The van der Waals surface area contributed by atoms with Crippen LogP contribution in [0.4, 0.5) is 14.6 Å². The third-order valence-electron chi connectivity index (χ3n) is 4.61. The van der Waals surface area contributed by atoms with Crippen LogP contribution in [0.5, 0.6) is 0 Å². The predicted molar refractivity (Wildman–Crippen MR) is 96.4 cm³/mol. The van der Waals surface area contributed by atoms with E-state index in [1.54, 1.807) is 29.1 Å². The van der Waals surface area contributed by atoms with Crippen LogP contribution in [-0.2, 0) is 0 Å². The molecule has 5 nitrogen and oxygen atoms in total. The Balaban J connectivity index is 1.71. The first-order chi connectivity index (χ1) is 12.6. The van der Waals surface area contributed by atoms with Gasteiger partial charge in [0.1, 0.15) is 17.5 Å². The van der Waals surface area contributed by atoms with E-state index in [1.165, 1.54) is 18.2 Å². The highest BCUT2D eigenvalue weighted by Crippen LogP contribution is 2.25. The molecule has 7 heteroatoms. The van der Waals surface area contributed by atoms with Gasteiger partial charge in [-0.15, -0.1) is 0 Å². The van der Waals surface area contributed by atoms with Crippen molar-refractivity contribution in [2.45, 2.75) is 0 Å². The van der Waals surface area contributed by atoms with Crippen LogP contribution in [0.1, 0.15) is 0 Å². The fourth-order valence-electron chi connectivity index (χ4n) is 3.13. The Morgan fingerprint density at radius 1 is 0.962 bits per heavy atom. The SMILES string of the molecule is CN1CCN(c2cc(-n3ccnc3-c3ccc(F)cc3)cc(F)n2)CC1. The standard InChI is InChI=1S/C19H19F2N5/c1-24-8-10-25(11-9-24)18-13-16(12-17(21)23-18)26-7-6-22-19(26)14-2-4-15(20)5-3-14/h2-7,12-13H,8-11H2,1H3. The van der Waals surface area contributed by atoms with Crippen molar-refractivity contribution in [1.29, 1.82) is 0 Å². The van der Waals surface area contributed by atoms with Gasteiger partial charge in [0, 0.05) is 56.3 Å². The third-order valence-corrected chi connectivity index (χ3v) is 4.61. The molecule has 4 rings (SSSR count). The van der Waals surface area contributed by atoms with E-state index in [-0.39, 0.29) is 5.82 Å². The second kappa shape index (κ2) is 6.84. The van der Waals surface area contributed by atoms with Crippen molar-refractivity contribution in [1.82, 2.24) is 19.4 Å². The number of benzene rings is 1. The van der Waals surface area contributed by atoms with Gasteiger partial charge in [-0.3, -0.25) is 4.57 Å². The molecule has 0 unspecified atom stereocenters. The highest BCUT2D eigenvalue weighted by Gasteiger charge is 2.18. The molecule has 26 heavy (non-hydrogen) atoms. The molecule has 3 heterocycles.